The molecule has 2 unspecified atom stereocenters. The van der Waals surface area contributed by atoms with Gasteiger partial charge < -0.3 is 9.64 Å². The predicted octanol–water partition coefficient (Wildman–Crippen LogP) is 3.76. The lowest BCUT2D eigenvalue weighted by molar-refractivity contribution is 0.00756. The third kappa shape index (κ3) is 5.76. The minimum atomic E-state index is -0.788. The third-order valence-corrected chi connectivity index (χ3v) is 3.97. The van der Waals surface area contributed by atoms with Gasteiger partial charge in [-0.05, 0) is 44.1 Å². The summed E-state index contributed by atoms with van der Waals surface area (Å²) in [6.45, 7) is 5.86. The first-order chi connectivity index (χ1) is 9.35. The zero-order valence-electron chi connectivity index (χ0n) is 13.0. The van der Waals surface area contributed by atoms with Crippen LogP contribution in [0.5, 0.6) is 0 Å². The smallest absolute Gasteiger partial charge is 0.444 e. The average Bonchev–Trinajstić information content (AvgIpc) is 2.38. The van der Waals surface area contributed by atoms with Gasteiger partial charge in [-0.15, -0.1) is 4.52 Å². The lowest BCUT2D eigenvalue weighted by Crippen LogP contribution is -2.47. The third-order valence-electron chi connectivity index (χ3n) is 3.69. The number of hydrogen-bond acceptors (Lipinski definition) is 4. The van der Waals surface area contributed by atoms with Crippen LogP contribution in [0, 0.1) is 5.92 Å². The molecular weight excluding hydrogens is 277 g/mol. The molecule has 1 rings (SSSR count). The number of nitrogens with zero attached hydrogens (tertiary/aromatic N) is 1. The molecule has 116 valence electrons. The van der Waals surface area contributed by atoms with Crippen LogP contribution in [-0.2, 0) is 13.8 Å². The van der Waals surface area contributed by atoms with E-state index in [1.807, 2.05) is 20.8 Å². The van der Waals surface area contributed by atoms with Crippen molar-refractivity contribution >= 4 is 14.8 Å². The molecule has 0 aliphatic heterocycles. The Labute approximate surface area is 123 Å². The van der Waals surface area contributed by atoms with Crippen molar-refractivity contribution in [2.45, 2.75) is 64.5 Å². The number of amides is 1. The van der Waals surface area contributed by atoms with E-state index in [0.717, 1.165) is 12.8 Å². The van der Waals surface area contributed by atoms with Gasteiger partial charge in [0.2, 0.25) is 0 Å². The first-order valence-corrected chi connectivity index (χ1v) is 8.11. The number of carbonyl (C=O) groups is 1. The summed E-state index contributed by atoms with van der Waals surface area (Å²) in [6.07, 6.45) is 5.45. The maximum absolute atomic E-state index is 12.2. The number of ether oxygens (including phenoxy) is 1. The van der Waals surface area contributed by atoms with Crippen LogP contribution < -0.4 is 0 Å². The van der Waals surface area contributed by atoms with Crippen LogP contribution in [-0.4, -0.2) is 36.3 Å². The van der Waals surface area contributed by atoms with Crippen molar-refractivity contribution in [1.82, 2.24) is 4.90 Å². The van der Waals surface area contributed by atoms with Crippen LogP contribution in [0.25, 0.3) is 0 Å². The van der Waals surface area contributed by atoms with Gasteiger partial charge in [0.25, 0.3) is 0 Å². The molecule has 6 heteroatoms. The lowest BCUT2D eigenvalue weighted by atomic mass is 9.83. The Balaban J connectivity index is 2.69. The lowest BCUT2D eigenvalue weighted by Gasteiger charge is -2.36. The van der Waals surface area contributed by atoms with Crippen LogP contribution in [0.3, 0.4) is 0 Å². The summed E-state index contributed by atoms with van der Waals surface area (Å²) in [5.41, 5.74) is -0.510. The van der Waals surface area contributed by atoms with Crippen molar-refractivity contribution < 1.29 is 18.6 Å². The van der Waals surface area contributed by atoms with Crippen molar-refractivity contribution in [3.05, 3.63) is 0 Å². The van der Waals surface area contributed by atoms with E-state index >= 15 is 0 Å². The minimum absolute atomic E-state index is 0.0633. The fraction of sp³-hybridized carbons (Fsp3) is 0.929. The molecule has 0 aromatic carbocycles. The Morgan fingerprint density at radius 2 is 1.90 bits per heavy atom. The van der Waals surface area contributed by atoms with Gasteiger partial charge in [-0.1, -0.05) is 19.3 Å². The van der Waals surface area contributed by atoms with Crippen LogP contribution in [0.4, 0.5) is 4.79 Å². The summed E-state index contributed by atoms with van der Waals surface area (Å²) in [5, 5.41) is 0. The summed E-state index contributed by atoms with van der Waals surface area (Å²) < 4.78 is 21.1. The van der Waals surface area contributed by atoms with Gasteiger partial charge in [-0.3, -0.25) is 0 Å². The number of hydrogen-bond donors (Lipinski definition) is 0. The maximum Gasteiger partial charge on any atom is 0.494 e. The molecule has 20 heavy (non-hydrogen) atoms. The zero-order valence-corrected chi connectivity index (χ0v) is 14.0. The highest BCUT2D eigenvalue weighted by Gasteiger charge is 2.33. The SMILES string of the molecule is CN(C(=O)OC(C)(C)C)C(CO[PH+]=O)C1CCCCC1. The van der Waals surface area contributed by atoms with Gasteiger partial charge in [0.1, 0.15) is 12.2 Å². The molecule has 1 amide bonds. The molecule has 1 saturated carbocycles. The monoisotopic (exact) mass is 304 g/mol. The van der Waals surface area contributed by atoms with Gasteiger partial charge in [0, 0.05) is 7.05 Å². The summed E-state index contributed by atoms with van der Waals surface area (Å²) >= 11 is 0. The number of carbonyl (C=O) groups excluding carboxylic acids is 1. The number of rotatable bonds is 5. The van der Waals surface area contributed by atoms with Crippen molar-refractivity contribution in [2.24, 2.45) is 5.92 Å². The Bertz CT molecular complexity index is 324. The molecule has 5 nitrogen and oxygen atoms in total. The van der Waals surface area contributed by atoms with Crippen LogP contribution >= 0.6 is 8.69 Å². The summed E-state index contributed by atoms with van der Waals surface area (Å²) in [7, 11) is 0.953. The van der Waals surface area contributed by atoms with E-state index in [9.17, 15) is 9.36 Å². The molecule has 0 saturated heterocycles. The molecule has 1 aliphatic rings. The predicted molar refractivity (Wildman–Crippen MR) is 79.3 cm³/mol. The van der Waals surface area contributed by atoms with E-state index < -0.39 is 14.3 Å². The summed E-state index contributed by atoms with van der Waals surface area (Å²) in [5.74, 6) is 0.401. The van der Waals surface area contributed by atoms with E-state index in [1.165, 1.54) is 19.3 Å². The van der Waals surface area contributed by atoms with E-state index in [0.29, 0.717) is 12.5 Å². The Morgan fingerprint density at radius 3 is 2.40 bits per heavy atom. The molecular formula is C14H27NO4P+. The highest BCUT2D eigenvalue weighted by atomic mass is 31.1. The maximum atomic E-state index is 12.2. The minimum Gasteiger partial charge on any atom is -0.444 e. The molecule has 0 radical (unpaired) electrons. The summed E-state index contributed by atoms with van der Waals surface area (Å²) in [6, 6.07) is -0.0633. The number of likely N-dealkylation sites (N-methyl/N-ethyl adjacent to an activating group) is 1. The first kappa shape index (κ1) is 17.4. The molecule has 0 aromatic heterocycles. The molecule has 0 spiro atoms. The topological polar surface area (TPSA) is 55.8 Å². The zero-order chi connectivity index (χ0) is 15.2. The van der Waals surface area contributed by atoms with Crippen molar-refractivity contribution in [3.63, 3.8) is 0 Å². The van der Waals surface area contributed by atoms with Gasteiger partial charge in [-0.2, -0.15) is 0 Å². The fourth-order valence-corrected chi connectivity index (χ4v) is 2.91. The fourth-order valence-electron chi connectivity index (χ4n) is 2.67. The van der Waals surface area contributed by atoms with Crippen LogP contribution in [0.1, 0.15) is 52.9 Å². The van der Waals surface area contributed by atoms with E-state index in [-0.39, 0.29) is 12.1 Å². The van der Waals surface area contributed by atoms with E-state index in [1.54, 1.807) is 11.9 Å². The highest BCUT2D eigenvalue weighted by molar-refractivity contribution is 7.17. The second kappa shape index (κ2) is 7.94. The molecule has 1 aliphatic carbocycles. The molecule has 0 bridgehead atoms. The molecule has 0 N–H and O–H groups in total. The Kier molecular flexibility index (Phi) is 6.90. The van der Waals surface area contributed by atoms with Gasteiger partial charge in [0.15, 0.2) is 0 Å². The normalized spacial score (nSPS) is 18.8. The molecule has 1 fully saturated rings. The first-order valence-electron chi connectivity index (χ1n) is 7.30. The van der Waals surface area contributed by atoms with E-state index in [4.69, 9.17) is 9.26 Å². The standard InChI is InChI=1S/C14H27NO4P/c1-14(2,3)19-13(16)15(4)12(10-18-20-17)11-8-6-5-7-9-11/h11-12,20H,5-10H2,1-4H3/q+1. The quantitative estimate of drug-likeness (QED) is 0.726. The van der Waals surface area contributed by atoms with Crippen molar-refractivity contribution in [3.8, 4) is 0 Å². The van der Waals surface area contributed by atoms with Gasteiger partial charge >= 0.3 is 14.8 Å². The molecule has 2 atom stereocenters. The Hall–Kier alpha value is -0.670. The van der Waals surface area contributed by atoms with Crippen molar-refractivity contribution in [2.75, 3.05) is 13.7 Å². The highest BCUT2D eigenvalue weighted by Crippen LogP contribution is 2.30. The second-order valence-corrected chi connectivity index (χ2v) is 6.91. The second-order valence-electron chi connectivity index (χ2n) is 6.45. The largest absolute Gasteiger partial charge is 0.494 e. The Morgan fingerprint density at radius 1 is 1.30 bits per heavy atom. The van der Waals surface area contributed by atoms with Crippen LogP contribution in [0.2, 0.25) is 0 Å². The average molecular weight is 304 g/mol. The van der Waals surface area contributed by atoms with E-state index in [2.05, 4.69) is 0 Å². The molecule has 0 aromatic rings. The molecule has 0 heterocycles. The van der Waals surface area contributed by atoms with Crippen LogP contribution in [0.15, 0.2) is 0 Å². The van der Waals surface area contributed by atoms with Gasteiger partial charge in [0.05, 0.1) is 6.04 Å². The van der Waals surface area contributed by atoms with Gasteiger partial charge in [-0.25, -0.2) is 4.79 Å². The van der Waals surface area contributed by atoms with Crippen molar-refractivity contribution in [1.29, 1.82) is 0 Å². The summed E-state index contributed by atoms with van der Waals surface area (Å²) in [4.78, 5) is 13.8.